The highest BCUT2D eigenvalue weighted by Crippen LogP contribution is 2.32. The van der Waals surface area contributed by atoms with E-state index < -0.39 is 0 Å². The third-order valence-electron chi connectivity index (χ3n) is 4.58. The molecule has 1 aliphatic rings. The van der Waals surface area contributed by atoms with Crippen LogP contribution in [-0.2, 0) is 0 Å². The molecule has 0 saturated heterocycles. The Morgan fingerprint density at radius 2 is 1.93 bits per heavy atom. The van der Waals surface area contributed by atoms with E-state index in [2.05, 4.69) is 17.1 Å². The van der Waals surface area contributed by atoms with E-state index >= 15 is 0 Å². The summed E-state index contributed by atoms with van der Waals surface area (Å²) < 4.78 is 11.0. The van der Waals surface area contributed by atoms with Gasteiger partial charge in [0.15, 0.2) is 17.3 Å². The Morgan fingerprint density at radius 3 is 2.71 bits per heavy atom. The molecular weight excluding hydrogens is 372 g/mol. The van der Waals surface area contributed by atoms with Crippen molar-refractivity contribution in [2.24, 2.45) is 0 Å². The zero-order valence-electron chi connectivity index (χ0n) is 15.6. The Kier molecular flexibility index (Phi) is 4.93. The predicted molar refractivity (Wildman–Crippen MR) is 108 cm³/mol. The lowest BCUT2D eigenvalue weighted by Gasteiger charge is -2.18. The molecule has 140 valence electrons. The smallest absolute Gasteiger partial charge is 0.173 e. The number of ether oxygens (including phenoxy) is 2. The summed E-state index contributed by atoms with van der Waals surface area (Å²) in [4.78, 5) is 17.3. The fourth-order valence-corrected chi connectivity index (χ4v) is 4.09. The van der Waals surface area contributed by atoms with Crippen molar-refractivity contribution in [1.82, 2.24) is 4.98 Å². The summed E-state index contributed by atoms with van der Waals surface area (Å²) in [6, 6.07) is 13.3. The van der Waals surface area contributed by atoms with Gasteiger partial charge in [0.05, 0.1) is 16.8 Å². The molecule has 1 aliphatic heterocycles. The number of ketones is 1. The molecule has 0 unspecified atom stereocenters. The number of benzene rings is 2. The van der Waals surface area contributed by atoms with Crippen LogP contribution >= 0.6 is 11.8 Å². The number of Topliss-reactive ketones (excluding diaryl/α,β-unsaturated/α-hetero) is 1. The van der Waals surface area contributed by atoms with Gasteiger partial charge < -0.3 is 9.47 Å². The first kappa shape index (κ1) is 18.3. The summed E-state index contributed by atoms with van der Waals surface area (Å²) >= 11 is 1.28. The molecule has 0 fully saturated rings. The third kappa shape index (κ3) is 3.54. The molecule has 1 aromatic heterocycles. The van der Waals surface area contributed by atoms with Crippen LogP contribution in [0.5, 0.6) is 11.5 Å². The molecule has 0 atom stereocenters. The summed E-state index contributed by atoms with van der Waals surface area (Å²) in [7, 11) is 0. The van der Waals surface area contributed by atoms with E-state index in [0.29, 0.717) is 40.9 Å². The van der Waals surface area contributed by atoms with Gasteiger partial charge in [-0.2, -0.15) is 5.26 Å². The molecule has 0 bridgehead atoms. The largest absolute Gasteiger partial charge is 0.486 e. The van der Waals surface area contributed by atoms with Crippen molar-refractivity contribution in [3.05, 3.63) is 58.7 Å². The van der Waals surface area contributed by atoms with Crippen LogP contribution < -0.4 is 9.47 Å². The maximum Gasteiger partial charge on any atom is 0.173 e. The molecule has 2 aromatic carbocycles. The fraction of sp³-hybridized carbons (Fsp3) is 0.227. The number of thioether (sulfide) groups is 1. The Labute approximate surface area is 167 Å². The topological polar surface area (TPSA) is 72.2 Å². The van der Waals surface area contributed by atoms with Crippen molar-refractivity contribution < 1.29 is 14.3 Å². The van der Waals surface area contributed by atoms with Crippen LogP contribution in [0.1, 0.15) is 27.0 Å². The van der Waals surface area contributed by atoms with Gasteiger partial charge in [0, 0.05) is 10.9 Å². The van der Waals surface area contributed by atoms with Crippen LogP contribution in [0, 0.1) is 25.2 Å². The minimum absolute atomic E-state index is 0.0480. The van der Waals surface area contributed by atoms with E-state index in [4.69, 9.17) is 9.47 Å². The van der Waals surface area contributed by atoms with Gasteiger partial charge in [-0.3, -0.25) is 4.79 Å². The zero-order chi connectivity index (χ0) is 19.7. The average Bonchev–Trinajstić information content (AvgIpc) is 2.70. The fourth-order valence-electron chi connectivity index (χ4n) is 3.24. The molecule has 0 N–H and O–H groups in total. The van der Waals surface area contributed by atoms with Crippen molar-refractivity contribution in [2.75, 3.05) is 19.0 Å². The molecule has 4 rings (SSSR count). The lowest BCUT2D eigenvalue weighted by molar-refractivity contribution is 0.102. The number of nitriles is 1. The first-order chi connectivity index (χ1) is 13.5. The van der Waals surface area contributed by atoms with Crippen LogP contribution in [0.2, 0.25) is 0 Å². The molecule has 0 amide bonds. The quantitative estimate of drug-likeness (QED) is 0.483. The van der Waals surface area contributed by atoms with E-state index in [1.807, 2.05) is 26.0 Å². The van der Waals surface area contributed by atoms with Crippen LogP contribution in [-0.4, -0.2) is 29.7 Å². The van der Waals surface area contributed by atoms with Gasteiger partial charge in [-0.05, 0) is 55.3 Å². The van der Waals surface area contributed by atoms with E-state index in [-0.39, 0.29) is 11.5 Å². The van der Waals surface area contributed by atoms with E-state index in [0.717, 1.165) is 22.0 Å². The second kappa shape index (κ2) is 7.53. The van der Waals surface area contributed by atoms with Crippen LogP contribution in [0.25, 0.3) is 10.9 Å². The van der Waals surface area contributed by atoms with Crippen molar-refractivity contribution in [2.45, 2.75) is 18.9 Å². The molecule has 0 saturated carbocycles. The summed E-state index contributed by atoms with van der Waals surface area (Å²) in [6.45, 7) is 5.02. The summed E-state index contributed by atoms with van der Waals surface area (Å²) in [6.07, 6.45) is 0. The highest BCUT2D eigenvalue weighted by molar-refractivity contribution is 8.00. The second-order valence-electron chi connectivity index (χ2n) is 6.67. The average molecular weight is 390 g/mol. The molecule has 2 heterocycles. The van der Waals surface area contributed by atoms with Crippen molar-refractivity contribution in [1.29, 1.82) is 5.26 Å². The minimum Gasteiger partial charge on any atom is -0.486 e. The first-order valence-electron chi connectivity index (χ1n) is 8.93. The van der Waals surface area contributed by atoms with E-state index in [9.17, 15) is 10.1 Å². The Morgan fingerprint density at radius 1 is 1.14 bits per heavy atom. The molecule has 6 heteroatoms. The molecule has 0 radical (unpaired) electrons. The Balaban J connectivity index is 1.58. The maximum atomic E-state index is 12.6. The van der Waals surface area contributed by atoms with Gasteiger partial charge in [0.2, 0.25) is 0 Å². The van der Waals surface area contributed by atoms with Gasteiger partial charge in [-0.15, -0.1) is 0 Å². The number of nitrogens with zero attached hydrogens (tertiary/aromatic N) is 2. The SMILES string of the molecule is Cc1cc(C)c2cc(C#N)c(SCC(=O)c3ccc4c(c3)OCCO4)nc2c1. The third-order valence-corrected chi connectivity index (χ3v) is 5.57. The number of carbonyl (C=O) groups is 1. The highest BCUT2D eigenvalue weighted by Gasteiger charge is 2.16. The zero-order valence-corrected chi connectivity index (χ0v) is 16.4. The number of hydrogen-bond acceptors (Lipinski definition) is 6. The number of pyridine rings is 1. The van der Waals surface area contributed by atoms with Crippen LogP contribution in [0.3, 0.4) is 0 Å². The number of rotatable bonds is 4. The molecule has 0 spiro atoms. The normalized spacial score (nSPS) is 12.6. The summed E-state index contributed by atoms with van der Waals surface area (Å²) in [5.41, 5.74) is 4.08. The van der Waals surface area contributed by atoms with Crippen LogP contribution in [0.15, 0.2) is 41.4 Å². The summed E-state index contributed by atoms with van der Waals surface area (Å²) in [5.74, 6) is 1.39. The molecule has 0 aliphatic carbocycles. The maximum absolute atomic E-state index is 12.6. The van der Waals surface area contributed by atoms with Crippen molar-refractivity contribution in [3.8, 4) is 17.6 Å². The second-order valence-corrected chi connectivity index (χ2v) is 7.64. The Bertz CT molecular complexity index is 1130. The number of fused-ring (bicyclic) bond motifs is 2. The lowest BCUT2D eigenvalue weighted by Crippen LogP contribution is -2.16. The number of hydrogen-bond donors (Lipinski definition) is 0. The molecule has 28 heavy (non-hydrogen) atoms. The minimum atomic E-state index is -0.0480. The van der Waals surface area contributed by atoms with Crippen LogP contribution in [0.4, 0.5) is 0 Å². The molecular formula is C22H18N2O3S. The van der Waals surface area contributed by atoms with Crippen molar-refractivity contribution >= 4 is 28.4 Å². The lowest BCUT2D eigenvalue weighted by atomic mass is 10.1. The van der Waals surface area contributed by atoms with Gasteiger partial charge in [0.25, 0.3) is 0 Å². The highest BCUT2D eigenvalue weighted by atomic mass is 32.2. The van der Waals surface area contributed by atoms with Gasteiger partial charge in [0.1, 0.15) is 24.3 Å². The Hall–Kier alpha value is -3.04. The van der Waals surface area contributed by atoms with Gasteiger partial charge in [-0.25, -0.2) is 4.98 Å². The molecule has 5 nitrogen and oxygen atoms in total. The van der Waals surface area contributed by atoms with Crippen molar-refractivity contribution in [3.63, 3.8) is 0 Å². The molecule has 3 aromatic rings. The van der Waals surface area contributed by atoms with Gasteiger partial charge >= 0.3 is 0 Å². The van der Waals surface area contributed by atoms with E-state index in [1.165, 1.54) is 11.8 Å². The van der Waals surface area contributed by atoms with Gasteiger partial charge in [-0.1, -0.05) is 17.8 Å². The number of aromatic nitrogens is 1. The number of carbonyl (C=O) groups excluding carboxylic acids is 1. The summed E-state index contributed by atoms with van der Waals surface area (Å²) in [5, 5.41) is 11.1. The number of aryl methyl sites for hydroxylation is 2. The van der Waals surface area contributed by atoms with E-state index in [1.54, 1.807) is 18.2 Å². The standard InChI is InChI=1S/C22H18N2O3S/c1-13-7-14(2)17-9-16(11-23)22(24-18(17)8-13)28-12-19(25)15-3-4-20-21(10-15)27-6-5-26-20/h3-4,7-10H,5-6,12H2,1-2H3. The first-order valence-corrected chi connectivity index (χ1v) is 9.91. The monoisotopic (exact) mass is 390 g/mol. The predicted octanol–water partition coefficient (Wildman–Crippen LogP) is 4.47.